The summed E-state index contributed by atoms with van der Waals surface area (Å²) in [7, 11) is -2.07. The van der Waals surface area contributed by atoms with Gasteiger partial charge in [-0.1, -0.05) is 48.0 Å². The van der Waals surface area contributed by atoms with E-state index in [1.807, 2.05) is 56.1 Å². The van der Waals surface area contributed by atoms with E-state index in [0.717, 1.165) is 15.6 Å². The minimum atomic E-state index is -4.01. The topological polar surface area (TPSA) is 79.0 Å². The molecule has 1 N–H and O–H groups in total. The van der Waals surface area contributed by atoms with Crippen LogP contribution in [-0.2, 0) is 14.8 Å². The number of benzene rings is 3. The summed E-state index contributed by atoms with van der Waals surface area (Å²) in [6.45, 7) is 4.67. The first-order valence-corrected chi connectivity index (χ1v) is 12.6. The van der Waals surface area contributed by atoms with E-state index in [1.54, 1.807) is 48.5 Å². The van der Waals surface area contributed by atoms with Crippen molar-refractivity contribution in [2.75, 3.05) is 42.5 Å². The van der Waals surface area contributed by atoms with Crippen LogP contribution < -0.4 is 19.3 Å². The first kappa shape index (κ1) is 25.1. The number of sulfonamides is 1. The standard InChI is InChI=1S/C26H31N3O4S/c1-4-33-25-13-9-8-12-24(25)29(34(31,32)23-16-14-21(2)15-17-23)20-26(30)27-18-19-28(3)22-10-6-5-7-11-22/h5-17H,4,18-20H2,1-3H3,(H,27,30). The van der Waals surface area contributed by atoms with Crippen LogP contribution in [0.2, 0.25) is 0 Å². The highest BCUT2D eigenvalue weighted by Crippen LogP contribution is 2.32. The minimum absolute atomic E-state index is 0.112. The fourth-order valence-corrected chi connectivity index (χ4v) is 4.87. The molecule has 1 amide bonds. The Kier molecular flexibility index (Phi) is 8.54. The van der Waals surface area contributed by atoms with E-state index in [9.17, 15) is 13.2 Å². The van der Waals surface area contributed by atoms with Crippen molar-refractivity contribution < 1.29 is 17.9 Å². The number of hydrogen-bond donors (Lipinski definition) is 1. The molecule has 0 spiro atoms. The summed E-state index contributed by atoms with van der Waals surface area (Å²) in [5.74, 6) is 0.000692. The number of carbonyl (C=O) groups is 1. The summed E-state index contributed by atoms with van der Waals surface area (Å²) in [4.78, 5) is 15.0. The third-order valence-electron chi connectivity index (χ3n) is 5.30. The number of likely N-dealkylation sites (N-methyl/N-ethyl adjacent to an activating group) is 1. The second kappa shape index (κ2) is 11.6. The maximum absolute atomic E-state index is 13.6. The van der Waals surface area contributed by atoms with Gasteiger partial charge in [-0.2, -0.15) is 0 Å². The molecular weight excluding hydrogens is 450 g/mol. The molecule has 0 aliphatic heterocycles. The smallest absolute Gasteiger partial charge is 0.264 e. The lowest BCUT2D eigenvalue weighted by atomic mass is 10.2. The van der Waals surface area contributed by atoms with Crippen LogP contribution in [0.1, 0.15) is 12.5 Å². The lowest BCUT2D eigenvalue weighted by Crippen LogP contribution is -2.43. The molecule has 3 rings (SSSR count). The van der Waals surface area contributed by atoms with Gasteiger partial charge < -0.3 is 15.0 Å². The Morgan fingerprint density at radius 1 is 0.941 bits per heavy atom. The van der Waals surface area contributed by atoms with Gasteiger partial charge in [0, 0.05) is 25.8 Å². The highest BCUT2D eigenvalue weighted by Gasteiger charge is 2.29. The normalized spacial score (nSPS) is 11.0. The fourth-order valence-electron chi connectivity index (χ4n) is 3.44. The van der Waals surface area contributed by atoms with Crippen molar-refractivity contribution >= 4 is 27.3 Å². The third-order valence-corrected chi connectivity index (χ3v) is 7.07. The zero-order valence-corrected chi connectivity index (χ0v) is 20.6. The quantitative estimate of drug-likeness (QED) is 0.450. The highest BCUT2D eigenvalue weighted by atomic mass is 32.2. The van der Waals surface area contributed by atoms with E-state index in [4.69, 9.17) is 4.74 Å². The number of para-hydroxylation sites is 3. The second-order valence-electron chi connectivity index (χ2n) is 7.83. The average Bonchev–Trinajstić information content (AvgIpc) is 2.84. The van der Waals surface area contributed by atoms with Gasteiger partial charge in [-0.05, 0) is 50.2 Å². The number of ether oxygens (including phenoxy) is 1. The van der Waals surface area contributed by atoms with Gasteiger partial charge in [-0.25, -0.2) is 8.42 Å². The van der Waals surface area contributed by atoms with Crippen molar-refractivity contribution in [2.24, 2.45) is 0 Å². The average molecular weight is 482 g/mol. The van der Waals surface area contributed by atoms with Crippen molar-refractivity contribution in [3.8, 4) is 5.75 Å². The maximum Gasteiger partial charge on any atom is 0.264 e. The van der Waals surface area contributed by atoms with E-state index < -0.39 is 15.9 Å². The Bertz CT molecular complexity index is 1180. The van der Waals surface area contributed by atoms with Crippen LogP contribution >= 0.6 is 0 Å². The molecule has 8 heteroatoms. The molecule has 7 nitrogen and oxygen atoms in total. The fraction of sp³-hybridized carbons (Fsp3) is 0.269. The molecule has 0 aliphatic rings. The Morgan fingerprint density at radius 3 is 2.26 bits per heavy atom. The number of rotatable bonds is 11. The van der Waals surface area contributed by atoms with Crippen molar-refractivity contribution in [2.45, 2.75) is 18.7 Å². The Labute approximate surface area is 202 Å². The molecule has 0 aliphatic carbocycles. The van der Waals surface area contributed by atoms with Gasteiger partial charge >= 0.3 is 0 Å². The molecule has 34 heavy (non-hydrogen) atoms. The molecule has 0 heterocycles. The molecule has 180 valence electrons. The van der Waals surface area contributed by atoms with Crippen molar-refractivity contribution in [1.29, 1.82) is 0 Å². The van der Waals surface area contributed by atoms with Crippen LogP contribution in [0.3, 0.4) is 0 Å². The number of carbonyl (C=O) groups excluding carboxylic acids is 1. The third kappa shape index (κ3) is 6.29. The van der Waals surface area contributed by atoms with Gasteiger partial charge in [0.2, 0.25) is 5.91 Å². The monoisotopic (exact) mass is 481 g/mol. The molecule has 3 aromatic rings. The molecule has 3 aromatic carbocycles. The number of nitrogens with zero attached hydrogens (tertiary/aromatic N) is 2. The number of anilines is 2. The van der Waals surface area contributed by atoms with Gasteiger partial charge in [0.1, 0.15) is 12.3 Å². The van der Waals surface area contributed by atoms with E-state index in [0.29, 0.717) is 31.1 Å². The predicted molar refractivity (Wildman–Crippen MR) is 136 cm³/mol. The Balaban J connectivity index is 1.80. The summed E-state index contributed by atoms with van der Waals surface area (Å²) < 4.78 is 33.9. The molecule has 0 saturated heterocycles. The first-order chi connectivity index (χ1) is 16.3. The molecular formula is C26H31N3O4S. The molecule has 0 unspecified atom stereocenters. The lowest BCUT2D eigenvalue weighted by Gasteiger charge is -2.26. The van der Waals surface area contributed by atoms with Gasteiger partial charge in [0.15, 0.2) is 0 Å². The number of hydrogen-bond acceptors (Lipinski definition) is 5. The van der Waals surface area contributed by atoms with Crippen LogP contribution in [0.5, 0.6) is 5.75 Å². The SMILES string of the molecule is CCOc1ccccc1N(CC(=O)NCCN(C)c1ccccc1)S(=O)(=O)c1ccc(C)cc1. The summed E-state index contributed by atoms with van der Waals surface area (Å²) in [6, 6.07) is 23.2. The van der Waals surface area contributed by atoms with Crippen LogP contribution in [0.4, 0.5) is 11.4 Å². The summed E-state index contributed by atoms with van der Waals surface area (Å²) in [6.07, 6.45) is 0. The van der Waals surface area contributed by atoms with E-state index in [1.165, 1.54) is 0 Å². The summed E-state index contributed by atoms with van der Waals surface area (Å²) >= 11 is 0. The Morgan fingerprint density at radius 2 is 1.59 bits per heavy atom. The largest absolute Gasteiger partial charge is 0.492 e. The molecule has 0 fully saturated rings. The van der Waals surface area contributed by atoms with Gasteiger partial charge in [0.05, 0.1) is 17.2 Å². The van der Waals surface area contributed by atoms with Crippen LogP contribution in [0.15, 0.2) is 83.8 Å². The van der Waals surface area contributed by atoms with Crippen molar-refractivity contribution in [1.82, 2.24) is 5.32 Å². The van der Waals surface area contributed by atoms with Crippen molar-refractivity contribution in [3.63, 3.8) is 0 Å². The molecule has 0 atom stereocenters. The summed E-state index contributed by atoms with van der Waals surface area (Å²) in [5.41, 5.74) is 2.30. The molecule has 0 aromatic heterocycles. The molecule has 0 bridgehead atoms. The van der Waals surface area contributed by atoms with Crippen molar-refractivity contribution in [3.05, 3.63) is 84.4 Å². The summed E-state index contributed by atoms with van der Waals surface area (Å²) in [5, 5.41) is 2.84. The molecule has 0 saturated carbocycles. The first-order valence-electron chi connectivity index (χ1n) is 11.2. The highest BCUT2D eigenvalue weighted by molar-refractivity contribution is 7.92. The predicted octanol–water partition coefficient (Wildman–Crippen LogP) is 3.84. The number of amides is 1. The Hall–Kier alpha value is -3.52. The van der Waals surface area contributed by atoms with E-state index in [2.05, 4.69) is 5.32 Å². The minimum Gasteiger partial charge on any atom is -0.492 e. The molecule has 0 radical (unpaired) electrons. The number of nitrogens with one attached hydrogen (secondary N) is 1. The van der Waals surface area contributed by atoms with Crippen LogP contribution in [0, 0.1) is 6.92 Å². The van der Waals surface area contributed by atoms with Gasteiger partial charge in [-0.15, -0.1) is 0 Å². The zero-order valence-electron chi connectivity index (χ0n) is 19.8. The second-order valence-corrected chi connectivity index (χ2v) is 9.69. The van der Waals surface area contributed by atoms with Gasteiger partial charge in [-0.3, -0.25) is 9.10 Å². The van der Waals surface area contributed by atoms with E-state index >= 15 is 0 Å². The lowest BCUT2D eigenvalue weighted by molar-refractivity contribution is -0.119. The number of aryl methyl sites for hydroxylation is 1. The maximum atomic E-state index is 13.6. The zero-order chi connectivity index (χ0) is 24.6. The van der Waals surface area contributed by atoms with Crippen LogP contribution in [-0.4, -0.2) is 47.6 Å². The van der Waals surface area contributed by atoms with E-state index in [-0.39, 0.29) is 11.4 Å². The van der Waals surface area contributed by atoms with Gasteiger partial charge in [0.25, 0.3) is 10.0 Å². The van der Waals surface area contributed by atoms with Crippen LogP contribution in [0.25, 0.3) is 0 Å².